The summed E-state index contributed by atoms with van der Waals surface area (Å²) in [5.74, 6) is -0.167. The lowest BCUT2D eigenvalue weighted by Crippen LogP contribution is -2.46. The van der Waals surface area contributed by atoms with Gasteiger partial charge in [-0.05, 0) is 61.5 Å². The Kier molecular flexibility index (Phi) is 4.59. The van der Waals surface area contributed by atoms with Crippen molar-refractivity contribution in [2.24, 2.45) is 10.8 Å². The van der Waals surface area contributed by atoms with Crippen LogP contribution in [-0.4, -0.2) is 53.6 Å². The van der Waals surface area contributed by atoms with Crippen LogP contribution in [0.1, 0.15) is 75.5 Å². The average molecular weight is 408 g/mol. The van der Waals surface area contributed by atoms with Gasteiger partial charge in [-0.15, -0.1) is 0 Å². The van der Waals surface area contributed by atoms with Crippen molar-refractivity contribution in [1.82, 2.24) is 15.2 Å². The van der Waals surface area contributed by atoms with Crippen molar-refractivity contribution in [3.8, 4) is 6.07 Å². The molecule has 0 unspecified atom stereocenters. The Morgan fingerprint density at radius 1 is 1.17 bits per heavy atom. The topological polar surface area (TPSA) is 72.3 Å². The van der Waals surface area contributed by atoms with E-state index in [-0.39, 0.29) is 11.9 Å². The number of hydrogen-bond donors (Lipinski definition) is 1. The van der Waals surface area contributed by atoms with Gasteiger partial charge in [-0.25, -0.2) is 4.98 Å². The lowest BCUT2D eigenvalue weighted by molar-refractivity contribution is 0.0405. The first kappa shape index (κ1) is 19.8. The summed E-state index contributed by atoms with van der Waals surface area (Å²) in [5, 5.41) is 12.6. The van der Waals surface area contributed by atoms with Crippen LogP contribution in [-0.2, 0) is 0 Å². The third-order valence-electron chi connectivity index (χ3n) is 8.20. The molecule has 3 saturated heterocycles. The molecule has 1 N–H and O–H groups in total. The lowest BCUT2D eigenvalue weighted by Gasteiger charge is -2.48. The number of amides is 1. The fourth-order valence-corrected chi connectivity index (χ4v) is 5.80. The number of rotatable bonds is 4. The minimum Gasteiger partial charge on any atom is -0.369 e. The second kappa shape index (κ2) is 6.95. The molecule has 0 aromatic carbocycles. The molecule has 3 aliphatic heterocycles. The highest BCUT2D eigenvalue weighted by atomic mass is 16.2. The van der Waals surface area contributed by atoms with Crippen molar-refractivity contribution in [3.05, 3.63) is 23.5 Å². The maximum atomic E-state index is 12.3. The Hall–Kier alpha value is -2.13. The van der Waals surface area contributed by atoms with Crippen LogP contribution in [0.5, 0.6) is 0 Å². The van der Waals surface area contributed by atoms with Crippen LogP contribution in [0.25, 0.3) is 0 Å². The molecule has 6 rings (SSSR count). The minimum atomic E-state index is -0.167. The molecule has 2 saturated carbocycles. The second-order valence-corrected chi connectivity index (χ2v) is 10.9. The van der Waals surface area contributed by atoms with Gasteiger partial charge in [0.1, 0.15) is 11.8 Å². The number of nitriles is 1. The molecule has 6 nitrogen and oxygen atoms in total. The first-order valence-corrected chi connectivity index (χ1v) is 11.5. The molecule has 5 aliphatic rings. The highest BCUT2D eigenvalue weighted by Gasteiger charge is 2.61. The summed E-state index contributed by atoms with van der Waals surface area (Å²) in [4.78, 5) is 21.7. The summed E-state index contributed by atoms with van der Waals surface area (Å²) in [6.45, 7) is 10.4. The van der Waals surface area contributed by atoms with Gasteiger partial charge in [0.15, 0.2) is 5.69 Å². The Morgan fingerprint density at radius 2 is 1.87 bits per heavy atom. The van der Waals surface area contributed by atoms with Crippen molar-refractivity contribution in [1.29, 1.82) is 5.26 Å². The van der Waals surface area contributed by atoms with E-state index in [1.807, 2.05) is 6.07 Å². The minimum absolute atomic E-state index is 0.167. The van der Waals surface area contributed by atoms with E-state index < -0.39 is 0 Å². The van der Waals surface area contributed by atoms with Crippen LogP contribution in [0.3, 0.4) is 0 Å². The first-order chi connectivity index (χ1) is 14.3. The summed E-state index contributed by atoms with van der Waals surface area (Å²) < 4.78 is 0. The van der Waals surface area contributed by atoms with E-state index in [9.17, 15) is 10.1 Å². The summed E-state index contributed by atoms with van der Waals surface area (Å²) in [6.07, 6.45) is 7.07. The molecule has 0 radical (unpaired) electrons. The Labute approximate surface area is 179 Å². The molecular weight excluding hydrogens is 374 g/mol. The van der Waals surface area contributed by atoms with Crippen molar-refractivity contribution >= 4 is 11.6 Å². The fraction of sp³-hybridized carbons (Fsp3) is 0.708. The standard InChI is InChI=1S/C24H33N5O/c1-23(2,3)24-12-18(13-24)29(15-24)17-8-10-28(11-9-17)21-7-6-19(27-20(21)14-25)22(30)26-16-4-5-16/h6-7,16-18H,4-5,8-13,15H2,1-3H3,(H,26,30). The van der Waals surface area contributed by atoms with Gasteiger partial charge in [-0.1, -0.05) is 20.8 Å². The van der Waals surface area contributed by atoms with Gasteiger partial charge in [-0.3, -0.25) is 9.69 Å². The van der Waals surface area contributed by atoms with Crippen LogP contribution in [0.2, 0.25) is 0 Å². The number of pyridine rings is 1. The van der Waals surface area contributed by atoms with Crippen LogP contribution < -0.4 is 10.2 Å². The van der Waals surface area contributed by atoms with E-state index in [1.165, 1.54) is 19.4 Å². The zero-order chi connectivity index (χ0) is 21.1. The van der Waals surface area contributed by atoms with E-state index in [2.05, 4.69) is 46.9 Å². The molecule has 1 aromatic heterocycles. The third-order valence-corrected chi connectivity index (χ3v) is 8.20. The van der Waals surface area contributed by atoms with Crippen LogP contribution in [0.4, 0.5) is 5.69 Å². The maximum absolute atomic E-state index is 12.3. The van der Waals surface area contributed by atoms with Gasteiger partial charge in [0, 0.05) is 37.8 Å². The number of nitrogens with zero attached hydrogens (tertiary/aromatic N) is 4. The van der Waals surface area contributed by atoms with Crippen molar-refractivity contribution in [2.45, 2.75) is 77.4 Å². The summed E-state index contributed by atoms with van der Waals surface area (Å²) in [6, 6.07) is 7.61. The van der Waals surface area contributed by atoms with Crippen molar-refractivity contribution in [3.63, 3.8) is 0 Å². The number of nitrogens with one attached hydrogen (secondary N) is 1. The molecule has 160 valence electrons. The molecule has 0 spiro atoms. The van der Waals surface area contributed by atoms with E-state index in [4.69, 9.17) is 0 Å². The molecule has 1 aromatic rings. The lowest BCUT2D eigenvalue weighted by atomic mass is 9.56. The number of anilines is 1. The summed E-state index contributed by atoms with van der Waals surface area (Å²) in [7, 11) is 0. The largest absolute Gasteiger partial charge is 0.369 e. The van der Waals surface area contributed by atoms with Gasteiger partial charge in [0.2, 0.25) is 0 Å². The predicted molar refractivity (Wildman–Crippen MR) is 116 cm³/mol. The zero-order valence-electron chi connectivity index (χ0n) is 18.4. The van der Waals surface area contributed by atoms with E-state index in [0.717, 1.165) is 50.5 Å². The predicted octanol–water partition coefficient (Wildman–Crippen LogP) is 3.32. The van der Waals surface area contributed by atoms with Gasteiger partial charge in [0.25, 0.3) is 5.91 Å². The van der Waals surface area contributed by atoms with Gasteiger partial charge in [-0.2, -0.15) is 5.26 Å². The first-order valence-electron chi connectivity index (χ1n) is 11.5. The normalized spacial score (nSPS) is 29.4. The van der Waals surface area contributed by atoms with Crippen LogP contribution in [0.15, 0.2) is 12.1 Å². The van der Waals surface area contributed by atoms with Gasteiger partial charge >= 0.3 is 0 Å². The molecule has 1 amide bonds. The monoisotopic (exact) mass is 407 g/mol. The Balaban J connectivity index is 1.23. The molecule has 0 atom stereocenters. The second-order valence-electron chi connectivity index (χ2n) is 10.9. The number of piperidine rings is 1. The third kappa shape index (κ3) is 3.28. The quantitative estimate of drug-likeness (QED) is 0.829. The molecule has 2 bridgehead atoms. The molecule has 6 heteroatoms. The molecule has 4 heterocycles. The highest BCUT2D eigenvalue weighted by molar-refractivity contribution is 5.93. The van der Waals surface area contributed by atoms with Crippen molar-refractivity contribution < 1.29 is 4.79 Å². The smallest absolute Gasteiger partial charge is 0.270 e. The number of carbonyl (C=O) groups is 1. The van der Waals surface area contributed by atoms with Gasteiger partial charge in [0.05, 0.1) is 5.69 Å². The number of fused-ring (bicyclic) bond motifs is 1. The zero-order valence-corrected chi connectivity index (χ0v) is 18.4. The number of carbonyl (C=O) groups excluding carboxylic acids is 1. The molecular formula is C24H33N5O. The van der Waals surface area contributed by atoms with E-state index >= 15 is 0 Å². The molecule has 30 heavy (non-hydrogen) atoms. The summed E-state index contributed by atoms with van der Waals surface area (Å²) >= 11 is 0. The van der Waals surface area contributed by atoms with Gasteiger partial charge < -0.3 is 10.2 Å². The number of aromatic nitrogens is 1. The SMILES string of the molecule is CC(C)(C)C12CC(C1)N(C1CCN(c3ccc(C(=O)NC4CC4)nc3C#N)CC1)C2. The van der Waals surface area contributed by atoms with Crippen LogP contribution in [0, 0.1) is 22.2 Å². The molecule has 2 aliphatic carbocycles. The molecule has 5 fully saturated rings. The van der Waals surface area contributed by atoms with E-state index in [0.29, 0.717) is 28.3 Å². The maximum Gasteiger partial charge on any atom is 0.270 e. The van der Waals surface area contributed by atoms with E-state index in [1.54, 1.807) is 6.07 Å². The highest BCUT2D eigenvalue weighted by Crippen LogP contribution is 2.61. The van der Waals surface area contributed by atoms with Crippen molar-refractivity contribution in [2.75, 3.05) is 24.5 Å². The summed E-state index contributed by atoms with van der Waals surface area (Å²) in [5.41, 5.74) is 2.49. The Morgan fingerprint density at radius 3 is 2.43 bits per heavy atom. The average Bonchev–Trinajstić information content (AvgIpc) is 3.30. The number of hydrogen-bond acceptors (Lipinski definition) is 5. The van der Waals surface area contributed by atoms with Crippen LogP contribution >= 0.6 is 0 Å². The fourth-order valence-electron chi connectivity index (χ4n) is 5.80. The Bertz CT molecular complexity index is 880.